The molecule has 0 bridgehead atoms. The second kappa shape index (κ2) is 5.30. The lowest BCUT2D eigenvalue weighted by Gasteiger charge is -2.27. The lowest BCUT2D eigenvalue weighted by molar-refractivity contribution is 0.290. The van der Waals surface area contributed by atoms with Gasteiger partial charge in [0.25, 0.3) is 0 Å². The Hall–Kier alpha value is -0.380. The van der Waals surface area contributed by atoms with E-state index in [0.717, 1.165) is 19.6 Å². The topological polar surface area (TPSA) is 38.0 Å². The summed E-state index contributed by atoms with van der Waals surface area (Å²) in [6.07, 6.45) is 5.33. The van der Waals surface area contributed by atoms with Crippen LogP contribution in [0.2, 0.25) is 0 Å². The van der Waals surface area contributed by atoms with Gasteiger partial charge >= 0.3 is 0 Å². The van der Waals surface area contributed by atoms with Crippen LogP contribution in [0.1, 0.15) is 35.4 Å². The molecule has 1 heterocycles. The average Bonchev–Trinajstić information content (AvgIpc) is 2.89. The molecule has 0 aliphatic heterocycles. The monoisotopic (exact) mass is 238 g/mol. The Bertz CT molecular complexity index is 326. The second-order valence-electron chi connectivity index (χ2n) is 5.03. The van der Waals surface area contributed by atoms with Crippen molar-refractivity contribution in [3.05, 3.63) is 21.9 Å². The molecule has 1 aromatic rings. The van der Waals surface area contributed by atoms with E-state index in [1.165, 1.54) is 35.4 Å². The average molecular weight is 238 g/mol. The molecule has 1 aliphatic rings. The summed E-state index contributed by atoms with van der Waals surface area (Å²) in [6, 6.07) is 4.41. The molecule has 16 heavy (non-hydrogen) atoms. The van der Waals surface area contributed by atoms with Crippen LogP contribution in [0.4, 0.5) is 0 Å². The van der Waals surface area contributed by atoms with E-state index in [1.54, 1.807) is 0 Å². The fourth-order valence-corrected chi connectivity index (χ4v) is 3.47. The van der Waals surface area contributed by atoms with Gasteiger partial charge < -0.3 is 11.1 Å². The molecule has 3 N–H and O–H groups in total. The molecule has 0 unspecified atom stereocenters. The van der Waals surface area contributed by atoms with Crippen molar-refractivity contribution in [1.82, 2.24) is 5.32 Å². The van der Waals surface area contributed by atoms with Crippen molar-refractivity contribution in [1.29, 1.82) is 0 Å². The van der Waals surface area contributed by atoms with Gasteiger partial charge in [0.15, 0.2) is 0 Å². The molecule has 1 fully saturated rings. The first-order chi connectivity index (χ1) is 7.74. The van der Waals surface area contributed by atoms with Crippen LogP contribution in [0.5, 0.6) is 0 Å². The lowest BCUT2D eigenvalue weighted by Crippen LogP contribution is -2.37. The van der Waals surface area contributed by atoms with Gasteiger partial charge in [-0.05, 0) is 43.9 Å². The fraction of sp³-hybridized carbons (Fsp3) is 0.692. The van der Waals surface area contributed by atoms with Crippen LogP contribution in [-0.4, -0.2) is 13.1 Å². The number of nitrogens with one attached hydrogen (secondary N) is 1. The second-order valence-corrected chi connectivity index (χ2v) is 6.40. The molecule has 3 heteroatoms. The largest absolute Gasteiger partial charge is 0.330 e. The quantitative estimate of drug-likeness (QED) is 0.827. The zero-order valence-corrected chi connectivity index (χ0v) is 10.9. The molecule has 0 amide bonds. The lowest BCUT2D eigenvalue weighted by atomic mass is 9.86. The zero-order chi connectivity index (χ0) is 11.4. The minimum absolute atomic E-state index is 0.395. The van der Waals surface area contributed by atoms with E-state index in [4.69, 9.17) is 5.73 Å². The van der Waals surface area contributed by atoms with Crippen LogP contribution in [0.15, 0.2) is 12.1 Å². The SMILES string of the molecule is Cc1ccc(CNCC2(CN)CCCC2)s1. The van der Waals surface area contributed by atoms with Gasteiger partial charge in [-0.15, -0.1) is 11.3 Å². The zero-order valence-electron chi connectivity index (χ0n) is 10.1. The Balaban J connectivity index is 1.78. The summed E-state index contributed by atoms with van der Waals surface area (Å²) >= 11 is 1.88. The first-order valence-corrected chi connectivity index (χ1v) is 7.02. The molecule has 0 atom stereocenters. The van der Waals surface area contributed by atoms with Crippen molar-refractivity contribution in [2.75, 3.05) is 13.1 Å². The molecule has 0 aromatic carbocycles. The van der Waals surface area contributed by atoms with Crippen LogP contribution in [-0.2, 0) is 6.54 Å². The molecule has 0 saturated heterocycles. The van der Waals surface area contributed by atoms with E-state index in [1.807, 2.05) is 11.3 Å². The van der Waals surface area contributed by atoms with E-state index in [2.05, 4.69) is 24.4 Å². The minimum atomic E-state index is 0.395. The number of hydrogen-bond donors (Lipinski definition) is 2. The molecule has 1 saturated carbocycles. The van der Waals surface area contributed by atoms with E-state index < -0.39 is 0 Å². The van der Waals surface area contributed by atoms with E-state index >= 15 is 0 Å². The standard InChI is InChI=1S/C13H22N2S/c1-11-4-5-12(16-11)8-15-10-13(9-14)6-2-3-7-13/h4-5,15H,2-3,6-10,14H2,1H3. The Morgan fingerprint density at radius 2 is 2.12 bits per heavy atom. The summed E-state index contributed by atoms with van der Waals surface area (Å²) in [7, 11) is 0. The van der Waals surface area contributed by atoms with Crippen LogP contribution in [0.3, 0.4) is 0 Å². The van der Waals surface area contributed by atoms with Gasteiger partial charge in [-0.2, -0.15) is 0 Å². The van der Waals surface area contributed by atoms with Gasteiger partial charge in [-0.3, -0.25) is 0 Å². The van der Waals surface area contributed by atoms with Gasteiger partial charge in [0, 0.05) is 22.8 Å². The molecule has 1 aromatic heterocycles. The number of aryl methyl sites for hydroxylation is 1. The van der Waals surface area contributed by atoms with E-state index in [-0.39, 0.29) is 0 Å². The van der Waals surface area contributed by atoms with Crippen LogP contribution in [0, 0.1) is 12.3 Å². The summed E-state index contributed by atoms with van der Waals surface area (Å²) < 4.78 is 0. The molecular weight excluding hydrogens is 216 g/mol. The third kappa shape index (κ3) is 2.84. The van der Waals surface area contributed by atoms with Crippen molar-refractivity contribution in [2.24, 2.45) is 11.1 Å². The predicted octanol–water partition coefficient (Wildman–Crippen LogP) is 2.67. The van der Waals surface area contributed by atoms with Gasteiger partial charge in [0.05, 0.1) is 0 Å². The minimum Gasteiger partial charge on any atom is -0.330 e. The highest BCUT2D eigenvalue weighted by molar-refractivity contribution is 7.11. The smallest absolute Gasteiger partial charge is 0.0300 e. The van der Waals surface area contributed by atoms with E-state index in [9.17, 15) is 0 Å². The number of thiophene rings is 1. The number of hydrogen-bond acceptors (Lipinski definition) is 3. The molecule has 2 nitrogen and oxygen atoms in total. The Kier molecular flexibility index (Phi) is 4.00. The highest BCUT2D eigenvalue weighted by atomic mass is 32.1. The Labute approximate surface area is 102 Å². The maximum Gasteiger partial charge on any atom is 0.0300 e. The van der Waals surface area contributed by atoms with Crippen molar-refractivity contribution >= 4 is 11.3 Å². The van der Waals surface area contributed by atoms with Crippen molar-refractivity contribution < 1.29 is 0 Å². The fourth-order valence-electron chi connectivity index (χ4n) is 2.61. The molecule has 90 valence electrons. The van der Waals surface area contributed by atoms with Crippen molar-refractivity contribution in [3.63, 3.8) is 0 Å². The normalized spacial score (nSPS) is 19.1. The summed E-state index contributed by atoms with van der Waals surface area (Å²) in [5.41, 5.74) is 6.31. The van der Waals surface area contributed by atoms with Crippen LogP contribution in [0.25, 0.3) is 0 Å². The Morgan fingerprint density at radius 3 is 2.69 bits per heavy atom. The van der Waals surface area contributed by atoms with Gasteiger partial charge in [0.1, 0.15) is 0 Å². The van der Waals surface area contributed by atoms with Crippen LogP contribution < -0.4 is 11.1 Å². The predicted molar refractivity (Wildman–Crippen MR) is 70.7 cm³/mol. The summed E-state index contributed by atoms with van der Waals surface area (Å²) in [6.45, 7) is 5.08. The van der Waals surface area contributed by atoms with Crippen molar-refractivity contribution in [3.8, 4) is 0 Å². The molecule has 0 radical (unpaired) electrons. The van der Waals surface area contributed by atoms with Gasteiger partial charge in [0.2, 0.25) is 0 Å². The molecule has 1 aliphatic carbocycles. The van der Waals surface area contributed by atoms with Gasteiger partial charge in [-0.1, -0.05) is 12.8 Å². The number of rotatable bonds is 5. The molecule has 0 spiro atoms. The van der Waals surface area contributed by atoms with Crippen molar-refractivity contribution in [2.45, 2.75) is 39.2 Å². The third-order valence-corrected chi connectivity index (χ3v) is 4.69. The number of nitrogens with two attached hydrogens (primary N) is 1. The summed E-state index contributed by atoms with van der Waals surface area (Å²) in [4.78, 5) is 2.83. The van der Waals surface area contributed by atoms with Crippen LogP contribution >= 0.6 is 11.3 Å². The summed E-state index contributed by atoms with van der Waals surface area (Å²) in [5, 5.41) is 3.58. The van der Waals surface area contributed by atoms with E-state index in [0.29, 0.717) is 5.41 Å². The maximum absolute atomic E-state index is 5.91. The molecule has 2 rings (SSSR count). The molecular formula is C13H22N2S. The highest BCUT2D eigenvalue weighted by Crippen LogP contribution is 2.36. The Morgan fingerprint density at radius 1 is 1.38 bits per heavy atom. The third-order valence-electron chi connectivity index (χ3n) is 3.69. The maximum atomic E-state index is 5.91. The summed E-state index contributed by atoms with van der Waals surface area (Å²) in [5.74, 6) is 0. The first kappa shape index (κ1) is 12.1. The first-order valence-electron chi connectivity index (χ1n) is 6.20. The highest BCUT2D eigenvalue weighted by Gasteiger charge is 2.31. The van der Waals surface area contributed by atoms with Gasteiger partial charge in [-0.25, -0.2) is 0 Å².